The number of allylic oxidation sites excluding steroid dienone is 3. The molecule has 1 fully saturated rings. The highest BCUT2D eigenvalue weighted by Crippen LogP contribution is 2.52. The van der Waals surface area contributed by atoms with Crippen LogP contribution in [0.1, 0.15) is 46.5 Å². The Morgan fingerprint density at radius 2 is 2.19 bits per heavy atom. The normalized spacial score (nSPS) is 38.6. The lowest BCUT2D eigenvalue weighted by Crippen LogP contribution is -2.10. The molecule has 2 aliphatic rings. The van der Waals surface area contributed by atoms with Crippen molar-refractivity contribution in [3.05, 3.63) is 24.3 Å². The van der Waals surface area contributed by atoms with Gasteiger partial charge < -0.3 is 0 Å². The summed E-state index contributed by atoms with van der Waals surface area (Å²) in [4.78, 5) is 0. The highest BCUT2D eigenvalue weighted by Gasteiger charge is 2.44. The summed E-state index contributed by atoms with van der Waals surface area (Å²) in [5.41, 5.74) is 1.68. The summed E-state index contributed by atoms with van der Waals surface area (Å²) in [7, 11) is 0. The van der Waals surface area contributed by atoms with Gasteiger partial charge in [0.1, 0.15) is 0 Å². The first-order valence-corrected chi connectivity index (χ1v) is 6.97. The summed E-state index contributed by atoms with van der Waals surface area (Å²) in [6.45, 7) is 11.0. The quantitative estimate of drug-likeness (QED) is 0.560. The minimum absolute atomic E-state index is 0.686. The smallest absolute Gasteiger partial charge is 0.00163 e. The topological polar surface area (TPSA) is 0 Å². The Labute approximate surface area is 101 Å². The molecule has 0 heterocycles. The van der Waals surface area contributed by atoms with Gasteiger partial charge in [0.15, 0.2) is 0 Å². The molecule has 2 aliphatic carbocycles. The molecule has 5 atom stereocenters. The maximum absolute atomic E-state index is 3.84. The van der Waals surface area contributed by atoms with Crippen molar-refractivity contribution in [2.75, 3.05) is 0 Å². The minimum atomic E-state index is 0.686. The van der Waals surface area contributed by atoms with Gasteiger partial charge >= 0.3 is 0 Å². The second kappa shape index (κ2) is 4.77. The Morgan fingerprint density at radius 1 is 1.50 bits per heavy atom. The molecule has 0 saturated heterocycles. The summed E-state index contributed by atoms with van der Waals surface area (Å²) in [5, 5.41) is 0. The Hall–Kier alpha value is -0.520. The van der Waals surface area contributed by atoms with E-state index in [-0.39, 0.29) is 0 Å². The largest absolute Gasteiger partial charge is 0.102 e. The van der Waals surface area contributed by atoms with Crippen molar-refractivity contribution in [1.29, 1.82) is 0 Å². The molecule has 0 nitrogen and oxygen atoms in total. The van der Waals surface area contributed by atoms with Crippen LogP contribution in [0.3, 0.4) is 0 Å². The zero-order chi connectivity index (χ0) is 11.7. The van der Waals surface area contributed by atoms with Gasteiger partial charge in [0.2, 0.25) is 0 Å². The summed E-state index contributed by atoms with van der Waals surface area (Å²) in [6, 6.07) is 0. The molecule has 90 valence electrons. The van der Waals surface area contributed by atoms with E-state index in [0.717, 1.165) is 23.7 Å². The molecule has 0 N–H and O–H groups in total. The van der Waals surface area contributed by atoms with Crippen LogP contribution < -0.4 is 0 Å². The second-order valence-corrected chi connectivity index (χ2v) is 6.07. The molecular weight excluding hydrogens is 192 g/mol. The predicted octanol–water partition coefficient (Wildman–Crippen LogP) is 4.83. The van der Waals surface area contributed by atoms with Crippen LogP contribution in [0, 0.1) is 29.6 Å². The van der Waals surface area contributed by atoms with Crippen molar-refractivity contribution >= 4 is 0 Å². The lowest BCUT2D eigenvalue weighted by molar-refractivity contribution is 0.446. The number of hydrogen-bond donors (Lipinski definition) is 0. The molecular formula is C16H26. The van der Waals surface area contributed by atoms with Crippen LogP contribution in [0.4, 0.5) is 0 Å². The maximum atomic E-state index is 3.84. The average molecular weight is 218 g/mol. The molecule has 0 bridgehead atoms. The first kappa shape index (κ1) is 12.0. The van der Waals surface area contributed by atoms with Crippen LogP contribution in [-0.2, 0) is 0 Å². The van der Waals surface area contributed by atoms with E-state index >= 15 is 0 Å². The average Bonchev–Trinajstić information content (AvgIpc) is 2.81. The lowest BCUT2D eigenvalue weighted by Gasteiger charge is -2.25. The molecule has 0 heteroatoms. The van der Waals surface area contributed by atoms with Crippen LogP contribution in [0.15, 0.2) is 24.3 Å². The van der Waals surface area contributed by atoms with E-state index < -0.39 is 0 Å². The zero-order valence-electron chi connectivity index (χ0n) is 11.1. The molecule has 16 heavy (non-hydrogen) atoms. The third kappa shape index (κ3) is 2.42. The highest BCUT2D eigenvalue weighted by molar-refractivity contribution is 5.21. The highest BCUT2D eigenvalue weighted by atomic mass is 14.5. The second-order valence-electron chi connectivity index (χ2n) is 6.07. The van der Waals surface area contributed by atoms with E-state index in [1.54, 1.807) is 5.57 Å². The standard InChI is InChI=1S/C16H26/c1-5-13-9-14(10-13)7-11(3)8-16-12(4)15(16)6-2/h5,9,11-13,15-16H,1,6-8,10H2,2-4H3. The van der Waals surface area contributed by atoms with Gasteiger partial charge in [-0.3, -0.25) is 0 Å². The van der Waals surface area contributed by atoms with Crippen molar-refractivity contribution in [3.63, 3.8) is 0 Å². The number of hydrogen-bond acceptors (Lipinski definition) is 0. The van der Waals surface area contributed by atoms with E-state index in [1.165, 1.54) is 25.7 Å². The van der Waals surface area contributed by atoms with E-state index in [9.17, 15) is 0 Å². The first-order chi connectivity index (χ1) is 7.65. The van der Waals surface area contributed by atoms with Crippen LogP contribution >= 0.6 is 0 Å². The summed E-state index contributed by atoms with van der Waals surface area (Å²) in [6.07, 6.45) is 9.95. The molecule has 1 saturated carbocycles. The van der Waals surface area contributed by atoms with Crippen molar-refractivity contribution in [1.82, 2.24) is 0 Å². The Balaban J connectivity index is 1.70. The summed E-state index contributed by atoms with van der Waals surface area (Å²) < 4.78 is 0. The van der Waals surface area contributed by atoms with Gasteiger partial charge in [0, 0.05) is 0 Å². The molecule has 0 aromatic carbocycles. The summed E-state index contributed by atoms with van der Waals surface area (Å²) >= 11 is 0. The van der Waals surface area contributed by atoms with Gasteiger partial charge in [-0.15, -0.1) is 6.58 Å². The van der Waals surface area contributed by atoms with E-state index in [4.69, 9.17) is 0 Å². The lowest BCUT2D eigenvalue weighted by atomic mass is 9.81. The van der Waals surface area contributed by atoms with Crippen LogP contribution in [0.25, 0.3) is 0 Å². The fraction of sp³-hybridized carbons (Fsp3) is 0.750. The minimum Gasteiger partial charge on any atom is -0.102 e. The van der Waals surface area contributed by atoms with Gasteiger partial charge in [-0.05, 0) is 48.9 Å². The SMILES string of the molecule is C=CC1C=C(CC(C)CC2C(C)C2CC)C1. The predicted molar refractivity (Wildman–Crippen MR) is 71.2 cm³/mol. The Kier molecular flexibility index (Phi) is 3.56. The van der Waals surface area contributed by atoms with Crippen molar-refractivity contribution in [2.45, 2.75) is 46.5 Å². The van der Waals surface area contributed by atoms with Gasteiger partial charge in [-0.2, -0.15) is 0 Å². The Morgan fingerprint density at radius 3 is 2.69 bits per heavy atom. The molecule has 0 radical (unpaired) electrons. The van der Waals surface area contributed by atoms with Gasteiger partial charge in [0.05, 0.1) is 0 Å². The van der Waals surface area contributed by atoms with E-state index in [2.05, 4.69) is 39.5 Å². The zero-order valence-corrected chi connectivity index (χ0v) is 11.1. The summed E-state index contributed by atoms with van der Waals surface area (Å²) in [5.74, 6) is 4.66. The van der Waals surface area contributed by atoms with E-state index in [1.807, 2.05) is 0 Å². The monoisotopic (exact) mass is 218 g/mol. The molecule has 0 aliphatic heterocycles. The van der Waals surface area contributed by atoms with Crippen molar-refractivity contribution in [2.24, 2.45) is 29.6 Å². The van der Waals surface area contributed by atoms with Crippen molar-refractivity contribution < 1.29 is 0 Å². The van der Waals surface area contributed by atoms with Crippen molar-refractivity contribution in [3.8, 4) is 0 Å². The maximum Gasteiger partial charge on any atom is -0.00163 e. The molecule has 0 aromatic heterocycles. The third-order valence-electron chi connectivity index (χ3n) is 4.77. The number of rotatable bonds is 6. The van der Waals surface area contributed by atoms with Crippen LogP contribution in [-0.4, -0.2) is 0 Å². The fourth-order valence-corrected chi connectivity index (χ4v) is 3.57. The first-order valence-electron chi connectivity index (χ1n) is 6.97. The molecule has 2 rings (SSSR count). The van der Waals surface area contributed by atoms with Gasteiger partial charge in [0.25, 0.3) is 0 Å². The van der Waals surface area contributed by atoms with Gasteiger partial charge in [-0.1, -0.05) is 44.9 Å². The molecule has 0 aromatic rings. The Bertz CT molecular complexity index is 286. The molecule has 5 unspecified atom stereocenters. The third-order valence-corrected chi connectivity index (χ3v) is 4.77. The molecule has 0 spiro atoms. The molecule has 0 amide bonds. The van der Waals surface area contributed by atoms with E-state index in [0.29, 0.717) is 5.92 Å². The fourth-order valence-electron chi connectivity index (χ4n) is 3.57. The van der Waals surface area contributed by atoms with Crippen LogP contribution in [0.2, 0.25) is 0 Å². The van der Waals surface area contributed by atoms with Gasteiger partial charge in [-0.25, -0.2) is 0 Å². The van der Waals surface area contributed by atoms with Crippen LogP contribution in [0.5, 0.6) is 0 Å².